The first-order valence-electron chi connectivity index (χ1n) is 5.13. The van der Waals surface area contributed by atoms with Crippen molar-refractivity contribution >= 4 is 5.97 Å². The Morgan fingerprint density at radius 3 is 2.76 bits per heavy atom. The zero-order valence-electron chi connectivity index (χ0n) is 9.84. The van der Waals surface area contributed by atoms with Crippen LogP contribution in [-0.2, 0) is 16.1 Å². The van der Waals surface area contributed by atoms with Crippen molar-refractivity contribution in [3.8, 4) is 5.75 Å². The Balaban J connectivity index is 2.63. The SMILES string of the molecule is COC(=O)C(C)(O)COc1cccc(CO)c1. The Morgan fingerprint density at radius 2 is 2.18 bits per heavy atom. The number of carbonyl (C=O) groups excluding carboxylic acids is 1. The van der Waals surface area contributed by atoms with Crippen molar-refractivity contribution in [3.63, 3.8) is 0 Å². The maximum Gasteiger partial charge on any atom is 0.341 e. The molecule has 2 N–H and O–H groups in total. The second-order valence-corrected chi connectivity index (χ2v) is 3.86. The Kier molecular flexibility index (Phi) is 4.48. The monoisotopic (exact) mass is 240 g/mol. The van der Waals surface area contributed by atoms with E-state index in [-0.39, 0.29) is 13.2 Å². The van der Waals surface area contributed by atoms with Gasteiger partial charge < -0.3 is 19.7 Å². The third-order valence-corrected chi connectivity index (χ3v) is 2.23. The first-order chi connectivity index (χ1) is 7.99. The van der Waals surface area contributed by atoms with Crippen LogP contribution in [0.1, 0.15) is 12.5 Å². The van der Waals surface area contributed by atoms with Gasteiger partial charge in [0.25, 0.3) is 0 Å². The molecule has 0 aliphatic rings. The third-order valence-electron chi connectivity index (χ3n) is 2.23. The van der Waals surface area contributed by atoms with Gasteiger partial charge in [-0.3, -0.25) is 0 Å². The number of ether oxygens (including phenoxy) is 2. The molecule has 0 aromatic heterocycles. The van der Waals surface area contributed by atoms with Crippen LogP contribution in [0.5, 0.6) is 5.75 Å². The lowest BCUT2D eigenvalue weighted by Crippen LogP contribution is -2.42. The molecule has 1 rings (SSSR count). The van der Waals surface area contributed by atoms with Gasteiger partial charge in [0.05, 0.1) is 13.7 Å². The zero-order valence-corrected chi connectivity index (χ0v) is 9.84. The molecule has 0 bridgehead atoms. The maximum atomic E-state index is 11.2. The predicted molar refractivity (Wildman–Crippen MR) is 60.5 cm³/mol. The van der Waals surface area contributed by atoms with Crippen LogP contribution < -0.4 is 4.74 Å². The fraction of sp³-hybridized carbons (Fsp3) is 0.417. The lowest BCUT2D eigenvalue weighted by molar-refractivity contribution is -0.163. The molecule has 0 amide bonds. The summed E-state index contributed by atoms with van der Waals surface area (Å²) < 4.78 is 9.71. The second-order valence-electron chi connectivity index (χ2n) is 3.86. The molecule has 17 heavy (non-hydrogen) atoms. The van der Waals surface area contributed by atoms with Gasteiger partial charge in [-0.1, -0.05) is 12.1 Å². The van der Waals surface area contributed by atoms with Gasteiger partial charge in [0, 0.05) is 0 Å². The molecule has 0 aliphatic heterocycles. The minimum Gasteiger partial charge on any atom is -0.490 e. The van der Waals surface area contributed by atoms with Gasteiger partial charge in [0.2, 0.25) is 0 Å². The molecule has 1 aromatic rings. The highest BCUT2D eigenvalue weighted by Crippen LogP contribution is 2.16. The van der Waals surface area contributed by atoms with Crippen LogP contribution in [0.2, 0.25) is 0 Å². The molecular weight excluding hydrogens is 224 g/mol. The van der Waals surface area contributed by atoms with E-state index in [2.05, 4.69) is 4.74 Å². The predicted octanol–water partition coefficient (Wildman–Crippen LogP) is 0.482. The molecule has 5 heteroatoms. The number of esters is 1. The van der Waals surface area contributed by atoms with E-state index < -0.39 is 11.6 Å². The van der Waals surface area contributed by atoms with Crippen molar-refractivity contribution in [2.75, 3.05) is 13.7 Å². The highest BCUT2D eigenvalue weighted by Gasteiger charge is 2.32. The van der Waals surface area contributed by atoms with Crippen molar-refractivity contribution in [2.24, 2.45) is 0 Å². The van der Waals surface area contributed by atoms with Gasteiger partial charge in [0.15, 0.2) is 5.60 Å². The average molecular weight is 240 g/mol. The van der Waals surface area contributed by atoms with E-state index in [9.17, 15) is 9.90 Å². The van der Waals surface area contributed by atoms with Gasteiger partial charge >= 0.3 is 5.97 Å². The summed E-state index contributed by atoms with van der Waals surface area (Å²) in [6, 6.07) is 6.76. The Labute approximate surface area is 99.6 Å². The molecule has 1 unspecified atom stereocenters. The molecule has 0 fully saturated rings. The molecular formula is C12H16O5. The lowest BCUT2D eigenvalue weighted by atomic mass is 10.1. The number of carbonyl (C=O) groups is 1. The summed E-state index contributed by atoms with van der Waals surface area (Å²) in [6.07, 6.45) is 0. The van der Waals surface area contributed by atoms with Gasteiger partial charge in [0.1, 0.15) is 12.4 Å². The molecule has 1 aromatic carbocycles. The number of rotatable bonds is 5. The number of methoxy groups -OCH3 is 1. The van der Waals surface area contributed by atoms with Crippen molar-refractivity contribution in [1.82, 2.24) is 0 Å². The summed E-state index contributed by atoms with van der Waals surface area (Å²) in [7, 11) is 1.20. The fourth-order valence-electron chi connectivity index (χ4n) is 1.24. The molecule has 0 heterocycles. The Morgan fingerprint density at radius 1 is 1.47 bits per heavy atom. The van der Waals surface area contributed by atoms with Crippen molar-refractivity contribution in [2.45, 2.75) is 19.1 Å². The summed E-state index contributed by atoms with van der Waals surface area (Å²) >= 11 is 0. The largest absolute Gasteiger partial charge is 0.490 e. The van der Waals surface area contributed by atoms with E-state index >= 15 is 0 Å². The van der Waals surface area contributed by atoms with Gasteiger partial charge in [-0.05, 0) is 24.6 Å². The van der Waals surface area contributed by atoms with Crippen LogP contribution in [-0.4, -0.2) is 35.5 Å². The molecule has 0 radical (unpaired) electrons. The number of aliphatic hydroxyl groups is 2. The first kappa shape index (κ1) is 13.5. The standard InChI is InChI=1S/C12H16O5/c1-12(15,11(14)16-2)8-17-10-5-3-4-9(6-10)7-13/h3-6,13,15H,7-8H2,1-2H3. The van der Waals surface area contributed by atoms with Crippen LogP contribution in [0.3, 0.4) is 0 Å². The van der Waals surface area contributed by atoms with Crippen LogP contribution in [0, 0.1) is 0 Å². The molecule has 0 saturated carbocycles. The van der Waals surface area contributed by atoms with E-state index in [0.29, 0.717) is 11.3 Å². The van der Waals surface area contributed by atoms with Crippen molar-refractivity contribution in [1.29, 1.82) is 0 Å². The highest BCUT2D eigenvalue weighted by atomic mass is 16.6. The van der Waals surface area contributed by atoms with Crippen molar-refractivity contribution < 1.29 is 24.5 Å². The van der Waals surface area contributed by atoms with Gasteiger partial charge in [-0.25, -0.2) is 4.79 Å². The second kappa shape index (κ2) is 5.65. The molecule has 1 atom stereocenters. The van der Waals surface area contributed by atoms with E-state index in [0.717, 1.165) is 0 Å². The number of benzene rings is 1. The van der Waals surface area contributed by atoms with Crippen LogP contribution in [0.15, 0.2) is 24.3 Å². The normalized spacial score (nSPS) is 13.9. The lowest BCUT2D eigenvalue weighted by Gasteiger charge is -2.20. The summed E-state index contributed by atoms with van der Waals surface area (Å²) in [6.45, 7) is 1.01. The van der Waals surface area contributed by atoms with Gasteiger partial charge in [-0.2, -0.15) is 0 Å². The number of hydrogen-bond donors (Lipinski definition) is 2. The molecule has 0 saturated heterocycles. The minimum absolute atomic E-state index is 0.0927. The molecule has 0 aliphatic carbocycles. The third kappa shape index (κ3) is 3.72. The smallest absolute Gasteiger partial charge is 0.341 e. The number of hydrogen-bond acceptors (Lipinski definition) is 5. The van der Waals surface area contributed by atoms with E-state index in [1.54, 1.807) is 24.3 Å². The average Bonchev–Trinajstić information content (AvgIpc) is 2.35. The van der Waals surface area contributed by atoms with E-state index in [1.807, 2.05) is 0 Å². The molecule has 94 valence electrons. The molecule has 5 nitrogen and oxygen atoms in total. The van der Waals surface area contributed by atoms with E-state index in [1.165, 1.54) is 14.0 Å². The summed E-state index contributed by atoms with van der Waals surface area (Å²) in [5.41, 5.74) is -0.996. The van der Waals surface area contributed by atoms with Crippen LogP contribution in [0.25, 0.3) is 0 Å². The zero-order chi connectivity index (χ0) is 12.9. The summed E-state index contributed by atoms with van der Waals surface area (Å²) in [5.74, 6) is -0.281. The first-order valence-corrected chi connectivity index (χ1v) is 5.13. The topological polar surface area (TPSA) is 76.0 Å². The fourth-order valence-corrected chi connectivity index (χ4v) is 1.24. The Hall–Kier alpha value is -1.59. The van der Waals surface area contributed by atoms with Crippen LogP contribution in [0.4, 0.5) is 0 Å². The maximum absolute atomic E-state index is 11.2. The summed E-state index contributed by atoms with van der Waals surface area (Å²) in [5, 5.41) is 18.7. The number of aliphatic hydroxyl groups excluding tert-OH is 1. The Bertz CT molecular complexity index is 386. The summed E-state index contributed by atoms with van der Waals surface area (Å²) in [4.78, 5) is 11.2. The van der Waals surface area contributed by atoms with E-state index in [4.69, 9.17) is 9.84 Å². The molecule has 0 spiro atoms. The van der Waals surface area contributed by atoms with Gasteiger partial charge in [-0.15, -0.1) is 0 Å². The van der Waals surface area contributed by atoms with Crippen LogP contribution >= 0.6 is 0 Å². The highest BCUT2D eigenvalue weighted by molar-refractivity contribution is 5.78. The minimum atomic E-state index is -1.69. The van der Waals surface area contributed by atoms with Crippen molar-refractivity contribution in [3.05, 3.63) is 29.8 Å². The quantitative estimate of drug-likeness (QED) is 0.732.